The second-order valence-corrected chi connectivity index (χ2v) is 2.62. The lowest BCUT2D eigenvalue weighted by Crippen LogP contribution is -1.84. The van der Waals surface area contributed by atoms with Crippen molar-refractivity contribution in [2.45, 2.75) is 6.61 Å². The molecule has 0 atom stereocenters. The van der Waals surface area contributed by atoms with Crippen LogP contribution in [-0.2, 0) is 6.61 Å². The van der Waals surface area contributed by atoms with Crippen LogP contribution in [0.3, 0.4) is 0 Å². The van der Waals surface area contributed by atoms with Gasteiger partial charge in [-0.1, -0.05) is 11.2 Å². The second kappa shape index (κ2) is 3.06. The van der Waals surface area contributed by atoms with Crippen molar-refractivity contribution in [2.75, 3.05) is 7.11 Å². The minimum atomic E-state index is -0.125. The van der Waals surface area contributed by atoms with Crippen LogP contribution in [0.5, 0.6) is 5.75 Å². The Kier molecular flexibility index (Phi) is 1.90. The molecular formula is C9H9NO3. The Labute approximate surface area is 74.7 Å². The highest BCUT2D eigenvalue weighted by Crippen LogP contribution is 2.27. The fourth-order valence-electron chi connectivity index (χ4n) is 1.26. The van der Waals surface area contributed by atoms with Crippen LogP contribution in [0, 0.1) is 0 Å². The summed E-state index contributed by atoms with van der Waals surface area (Å²) < 4.78 is 10.1. The van der Waals surface area contributed by atoms with E-state index in [1.807, 2.05) is 12.1 Å². The molecule has 0 unspecified atom stereocenters. The van der Waals surface area contributed by atoms with Gasteiger partial charge in [0.2, 0.25) is 5.58 Å². The maximum Gasteiger partial charge on any atom is 0.208 e. The van der Waals surface area contributed by atoms with Crippen LogP contribution in [0.4, 0.5) is 0 Å². The maximum absolute atomic E-state index is 8.92. The average Bonchev–Trinajstić information content (AvgIpc) is 2.60. The van der Waals surface area contributed by atoms with Crippen LogP contribution in [0.25, 0.3) is 11.0 Å². The molecule has 4 nitrogen and oxygen atoms in total. The highest BCUT2D eigenvalue weighted by atomic mass is 16.5. The first-order chi connectivity index (χ1) is 6.36. The van der Waals surface area contributed by atoms with Crippen LogP contribution in [0.15, 0.2) is 22.7 Å². The minimum Gasteiger partial charge on any atom is -0.493 e. The number of aliphatic hydroxyl groups excluding tert-OH is 1. The summed E-state index contributed by atoms with van der Waals surface area (Å²) >= 11 is 0. The smallest absolute Gasteiger partial charge is 0.208 e. The predicted octanol–water partition coefficient (Wildman–Crippen LogP) is 1.33. The van der Waals surface area contributed by atoms with Crippen molar-refractivity contribution in [3.05, 3.63) is 23.9 Å². The van der Waals surface area contributed by atoms with E-state index in [0.717, 1.165) is 5.39 Å². The molecule has 0 amide bonds. The van der Waals surface area contributed by atoms with Gasteiger partial charge in [-0.2, -0.15) is 0 Å². The van der Waals surface area contributed by atoms with Crippen LogP contribution >= 0.6 is 0 Å². The monoisotopic (exact) mass is 179 g/mol. The maximum atomic E-state index is 8.92. The van der Waals surface area contributed by atoms with Crippen molar-refractivity contribution >= 4 is 11.0 Å². The van der Waals surface area contributed by atoms with E-state index < -0.39 is 0 Å². The zero-order valence-corrected chi connectivity index (χ0v) is 7.15. The van der Waals surface area contributed by atoms with Crippen molar-refractivity contribution in [1.29, 1.82) is 0 Å². The van der Waals surface area contributed by atoms with Crippen LogP contribution < -0.4 is 4.74 Å². The second-order valence-electron chi connectivity index (χ2n) is 2.62. The molecule has 0 aliphatic heterocycles. The first-order valence-electron chi connectivity index (χ1n) is 3.89. The third-order valence-corrected chi connectivity index (χ3v) is 1.91. The number of methoxy groups -OCH3 is 1. The number of hydrogen-bond donors (Lipinski definition) is 1. The van der Waals surface area contributed by atoms with E-state index in [1.54, 1.807) is 13.2 Å². The van der Waals surface area contributed by atoms with Gasteiger partial charge in [0.05, 0.1) is 19.1 Å². The van der Waals surface area contributed by atoms with E-state index in [4.69, 9.17) is 14.4 Å². The summed E-state index contributed by atoms with van der Waals surface area (Å²) in [6.07, 6.45) is 0. The largest absolute Gasteiger partial charge is 0.493 e. The molecule has 1 N–H and O–H groups in total. The molecule has 1 heterocycles. The van der Waals surface area contributed by atoms with Gasteiger partial charge in [0.1, 0.15) is 5.69 Å². The van der Waals surface area contributed by atoms with Crippen molar-refractivity contribution in [1.82, 2.24) is 5.16 Å². The standard InChI is InChI=1S/C9H9NO3/c1-12-8-4-2-3-6-7(5-11)10-13-9(6)8/h2-4,11H,5H2,1H3. The molecule has 0 aliphatic carbocycles. The topological polar surface area (TPSA) is 55.5 Å². The van der Waals surface area contributed by atoms with Crippen molar-refractivity contribution in [3.63, 3.8) is 0 Å². The van der Waals surface area contributed by atoms with Gasteiger partial charge in [0, 0.05) is 0 Å². The lowest BCUT2D eigenvalue weighted by molar-refractivity contribution is 0.268. The minimum absolute atomic E-state index is 0.125. The molecule has 0 spiro atoms. The summed E-state index contributed by atoms with van der Waals surface area (Å²) in [6, 6.07) is 5.45. The van der Waals surface area contributed by atoms with Gasteiger partial charge in [0.25, 0.3) is 0 Å². The Balaban J connectivity index is 2.72. The van der Waals surface area contributed by atoms with E-state index in [9.17, 15) is 0 Å². The molecule has 0 radical (unpaired) electrons. The lowest BCUT2D eigenvalue weighted by Gasteiger charge is -1.97. The van der Waals surface area contributed by atoms with Crippen molar-refractivity contribution in [2.24, 2.45) is 0 Å². The summed E-state index contributed by atoms with van der Waals surface area (Å²) in [7, 11) is 1.57. The third-order valence-electron chi connectivity index (χ3n) is 1.91. The molecule has 1 aromatic carbocycles. The van der Waals surface area contributed by atoms with E-state index in [1.165, 1.54) is 0 Å². The zero-order valence-electron chi connectivity index (χ0n) is 7.15. The van der Waals surface area contributed by atoms with Crippen LogP contribution in [-0.4, -0.2) is 17.4 Å². The Hall–Kier alpha value is -1.55. The average molecular weight is 179 g/mol. The van der Waals surface area contributed by atoms with Gasteiger partial charge >= 0.3 is 0 Å². The predicted molar refractivity (Wildman–Crippen MR) is 46.5 cm³/mol. The van der Waals surface area contributed by atoms with Crippen LogP contribution in [0.2, 0.25) is 0 Å². The molecule has 4 heteroatoms. The number of benzene rings is 1. The fourth-order valence-corrected chi connectivity index (χ4v) is 1.26. The molecule has 1 aromatic heterocycles. The van der Waals surface area contributed by atoms with Crippen molar-refractivity contribution < 1.29 is 14.4 Å². The number of fused-ring (bicyclic) bond motifs is 1. The summed E-state index contributed by atoms with van der Waals surface area (Å²) in [5.41, 5.74) is 1.11. The SMILES string of the molecule is COc1cccc2c(CO)noc12. The number of ether oxygens (including phenoxy) is 1. The summed E-state index contributed by atoms with van der Waals surface area (Å²) in [4.78, 5) is 0. The van der Waals surface area contributed by atoms with E-state index in [0.29, 0.717) is 17.0 Å². The third kappa shape index (κ3) is 1.15. The quantitative estimate of drug-likeness (QED) is 0.755. The van der Waals surface area contributed by atoms with Gasteiger partial charge in [-0.05, 0) is 12.1 Å². The molecule has 13 heavy (non-hydrogen) atoms. The number of para-hydroxylation sites is 1. The Morgan fingerprint density at radius 2 is 2.38 bits per heavy atom. The van der Waals surface area contributed by atoms with Crippen LogP contribution in [0.1, 0.15) is 5.69 Å². The summed E-state index contributed by atoms with van der Waals surface area (Å²) in [6.45, 7) is -0.125. The van der Waals surface area contributed by atoms with Gasteiger partial charge in [-0.15, -0.1) is 0 Å². The van der Waals surface area contributed by atoms with E-state index >= 15 is 0 Å². The summed E-state index contributed by atoms with van der Waals surface area (Å²) in [5.74, 6) is 0.629. The number of rotatable bonds is 2. The molecule has 0 saturated heterocycles. The number of aliphatic hydroxyl groups is 1. The molecule has 0 aliphatic rings. The number of aromatic nitrogens is 1. The van der Waals surface area contributed by atoms with Crippen molar-refractivity contribution in [3.8, 4) is 5.75 Å². The van der Waals surface area contributed by atoms with Gasteiger partial charge < -0.3 is 14.4 Å². The Bertz CT molecular complexity index is 422. The molecule has 2 rings (SSSR count). The number of hydrogen-bond acceptors (Lipinski definition) is 4. The molecular weight excluding hydrogens is 170 g/mol. The zero-order chi connectivity index (χ0) is 9.26. The first-order valence-corrected chi connectivity index (χ1v) is 3.89. The highest BCUT2D eigenvalue weighted by Gasteiger charge is 2.10. The molecule has 0 saturated carbocycles. The molecule has 2 aromatic rings. The summed E-state index contributed by atoms with van der Waals surface area (Å²) in [5, 5.41) is 13.4. The molecule has 0 bridgehead atoms. The Morgan fingerprint density at radius 3 is 3.08 bits per heavy atom. The van der Waals surface area contributed by atoms with Gasteiger partial charge in [-0.25, -0.2) is 0 Å². The van der Waals surface area contributed by atoms with E-state index in [-0.39, 0.29) is 6.61 Å². The molecule has 68 valence electrons. The Morgan fingerprint density at radius 1 is 1.54 bits per heavy atom. The highest BCUT2D eigenvalue weighted by molar-refractivity contribution is 5.84. The number of nitrogens with zero attached hydrogens (tertiary/aromatic N) is 1. The lowest BCUT2D eigenvalue weighted by atomic mass is 10.2. The molecule has 0 fully saturated rings. The van der Waals surface area contributed by atoms with E-state index in [2.05, 4.69) is 5.16 Å². The van der Waals surface area contributed by atoms with Gasteiger partial charge in [-0.3, -0.25) is 0 Å². The normalized spacial score (nSPS) is 10.6. The fraction of sp³-hybridized carbons (Fsp3) is 0.222. The first kappa shape index (κ1) is 8.07. The van der Waals surface area contributed by atoms with Gasteiger partial charge in [0.15, 0.2) is 5.75 Å².